The Morgan fingerprint density at radius 1 is 1.21 bits per heavy atom. The van der Waals surface area contributed by atoms with Gasteiger partial charge in [0.2, 0.25) is 0 Å². The largest absolute Gasteiger partial charge is 0.455 e. The number of aryl methyl sites for hydroxylation is 1. The zero-order chi connectivity index (χ0) is 14.0. The van der Waals surface area contributed by atoms with Gasteiger partial charge < -0.3 is 16.2 Å². The number of anilines is 1. The molecule has 0 spiro atoms. The molecule has 2 aromatic rings. The highest BCUT2D eigenvalue weighted by Crippen LogP contribution is 2.32. The molecule has 0 atom stereocenters. The van der Waals surface area contributed by atoms with Crippen LogP contribution in [0.4, 0.5) is 5.69 Å². The molecule has 0 aliphatic carbocycles. The van der Waals surface area contributed by atoms with Crippen LogP contribution in [-0.4, -0.2) is 5.91 Å². The molecule has 0 saturated carbocycles. The number of nitrogen functional groups attached to an aromatic ring is 1. The Morgan fingerprint density at radius 2 is 1.95 bits per heavy atom. The number of hydrogen-bond donors (Lipinski definition) is 2. The van der Waals surface area contributed by atoms with Crippen molar-refractivity contribution in [3.8, 4) is 11.5 Å². The van der Waals surface area contributed by atoms with Crippen molar-refractivity contribution in [2.75, 3.05) is 5.73 Å². The summed E-state index contributed by atoms with van der Waals surface area (Å²) in [5, 5.41) is 0. The molecule has 0 aliphatic heterocycles. The lowest BCUT2D eigenvalue weighted by atomic mass is 10.1. The molecule has 0 saturated heterocycles. The highest BCUT2D eigenvalue weighted by atomic mass is 79.9. The third-order valence-electron chi connectivity index (χ3n) is 2.70. The molecule has 2 rings (SSSR count). The topological polar surface area (TPSA) is 78.3 Å². The van der Waals surface area contributed by atoms with Gasteiger partial charge in [-0.3, -0.25) is 4.79 Å². The Labute approximate surface area is 119 Å². The lowest BCUT2D eigenvalue weighted by Gasteiger charge is -2.12. The van der Waals surface area contributed by atoms with Gasteiger partial charge in [-0.05, 0) is 36.8 Å². The maximum absolute atomic E-state index is 11.2. The molecule has 4 nitrogen and oxygen atoms in total. The predicted octanol–water partition coefficient (Wildman–Crippen LogP) is 3.23. The van der Waals surface area contributed by atoms with Gasteiger partial charge in [-0.15, -0.1) is 0 Å². The second kappa shape index (κ2) is 5.32. The van der Waals surface area contributed by atoms with Gasteiger partial charge in [-0.1, -0.05) is 28.1 Å². The van der Waals surface area contributed by atoms with Crippen LogP contribution in [0.3, 0.4) is 0 Å². The lowest BCUT2D eigenvalue weighted by Crippen LogP contribution is -2.13. The number of ether oxygens (including phenoxy) is 1. The fourth-order valence-electron chi connectivity index (χ4n) is 1.65. The minimum absolute atomic E-state index is 0.245. The summed E-state index contributed by atoms with van der Waals surface area (Å²) in [5.41, 5.74) is 12.6. The Balaban J connectivity index is 2.41. The Hall–Kier alpha value is -2.01. The zero-order valence-electron chi connectivity index (χ0n) is 10.3. The summed E-state index contributed by atoms with van der Waals surface area (Å²) < 4.78 is 6.65. The Bertz CT molecular complexity index is 641. The van der Waals surface area contributed by atoms with Gasteiger partial charge in [0.05, 0.1) is 11.3 Å². The summed E-state index contributed by atoms with van der Waals surface area (Å²) in [6.07, 6.45) is 0. The van der Waals surface area contributed by atoms with Crippen LogP contribution in [0.5, 0.6) is 11.5 Å². The number of halogens is 1. The number of para-hydroxylation sites is 1. The predicted molar refractivity (Wildman–Crippen MR) is 78.3 cm³/mol. The summed E-state index contributed by atoms with van der Waals surface area (Å²) in [5.74, 6) is 0.508. The molecular weight excluding hydrogens is 308 g/mol. The first kappa shape index (κ1) is 13.4. The number of rotatable bonds is 3. The van der Waals surface area contributed by atoms with E-state index in [2.05, 4.69) is 15.9 Å². The molecule has 4 N–H and O–H groups in total. The van der Waals surface area contributed by atoms with E-state index in [0.29, 0.717) is 11.5 Å². The third-order valence-corrected chi connectivity index (χ3v) is 3.19. The number of primary amides is 1. The third kappa shape index (κ3) is 2.88. The van der Waals surface area contributed by atoms with E-state index < -0.39 is 5.91 Å². The van der Waals surface area contributed by atoms with Crippen LogP contribution in [0.2, 0.25) is 0 Å². The van der Waals surface area contributed by atoms with Crippen molar-refractivity contribution in [2.45, 2.75) is 6.92 Å². The van der Waals surface area contributed by atoms with Gasteiger partial charge in [-0.2, -0.15) is 0 Å². The first-order chi connectivity index (χ1) is 8.99. The van der Waals surface area contributed by atoms with E-state index in [9.17, 15) is 4.79 Å². The molecule has 98 valence electrons. The summed E-state index contributed by atoms with van der Waals surface area (Å²) in [4.78, 5) is 11.2. The van der Waals surface area contributed by atoms with Gasteiger partial charge in [0.25, 0.3) is 5.91 Å². The fourth-order valence-corrected chi connectivity index (χ4v) is 1.99. The zero-order valence-corrected chi connectivity index (χ0v) is 11.9. The highest BCUT2D eigenvalue weighted by molar-refractivity contribution is 9.10. The molecule has 0 radical (unpaired) electrons. The van der Waals surface area contributed by atoms with Crippen LogP contribution in [0.1, 0.15) is 15.9 Å². The number of hydrogen-bond acceptors (Lipinski definition) is 3. The van der Waals surface area contributed by atoms with E-state index >= 15 is 0 Å². The number of nitrogens with two attached hydrogens (primary N) is 2. The maximum Gasteiger partial charge on any atom is 0.250 e. The van der Waals surface area contributed by atoms with E-state index in [1.165, 1.54) is 0 Å². The highest BCUT2D eigenvalue weighted by Gasteiger charge is 2.12. The smallest absolute Gasteiger partial charge is 0.250 e. The van der Waals surface area contributed by atoms with Gasteiger partial charge in [0.15, 0.2) is 5.75 Å². The van der Waals surface area contributed by atoms with E-state index in [1.54, 1.807) is 18.2 Å². The standard InChI is InChI=1S/C14H13BrN2O2/c1-8-5-6-9(15)7-12(8)19-11-4-2-3-10(13(11)16)14(17)18/h2-7H,16H2,1H3,(H2,17,18). The molecule has 0 heterocycles. The number of amides is 1. The first-order valence-corrected chi connectivity index (χ1v) is 6.40. The van der Waals surface area contributed by atoms with E-state index in [1.807, 2.05) is 25.1 Å². The van der Waals surface area contributed by atoms with Crippen LogP contribution in [0, 0.1) is 6.92 Å². The molecule has 5 heteroatoms. The van der Waals surface area contributed by atoms with Crippen molar-refractivity contribution in [1.82, 2.24) is 0 Å². The molecular formula is C14H13BrN2O2. The van der Waals surface area contributed by atoms with Gasteiger partial charge in [0.1, 0.15) is 5.75 Å². The van der Waals surface area contributed by atoms with Crippen molar-refractivity contribution in [2.24, 2.45) is 5.73 Å². The van der Waals surface area contributed by atoms with Crippen LogP contribution in [0.15, 0.2) is 40.9 Å². The van der Waals surface area contributed by atoms with Crippen molar-refractivity contribution in [3.05, 3.63) is 52.0 Å². The second-order valence-electron chi connectivity index (χ2n) is 4.09. The molecule has 0 fully saturated rings. The van der Waals surface area contributed by atoms with Crippen LogP contribution in [-0.2, 0) is 0 Å². The lowest BCUT2D eigenvalue weighted by molar-refractivity contribution is 0.100. The molecule has 19 heavy (non-hydrogen) atoms. The van der Waals surface area contributed by atoms with Gasteiger partial charge >= 0.3 is 0 Å². The summed E-state index contributed by atoms with van der Waals surface area (Å²) in [6.45, 7) is 1.93. The van der Waals surface area contributed by atoms with Crippen molar-refractivity contribution in [3.63, 3.8) is 0 Å². The monoisotopic (exact) mass is 320 g/mol. The average molecular weight is 321 g/mol. The second-order valence-corrected chi connectivity index (χ2v) is 5.01. The molecule has 0 unspecified atom stereocenters. The number of benzene rings is 2. The molecule has 0 aromatic heterocycles. The summed E-state index contributed by atoms with van der Waals surface area (Å²) >= 11 is 3.38. The number of carbonyl (C=O) groups excluding carboxylic acids is 1. The van der Waals surface area contributed by atoms with Crippen molar-refractivity contribution < 1.29 is 9.53 Å². The van der Waals surface area contributed by atoms with Crippen molar-refractivity contribution in [1.29, 1.82) is 0 Å². The molecule has 2 aromatic carbocycles. The molecule has 0 aliphatic rings. The summed E-state index contributed by atoms with van der Waals surface area (Å²) in [7, 11) is 0. The van der Waals surface area contributed by atoms with E-state index in [4.69, 9.17) is 16.2 Å². The normalized spacial score (nSPS) is 10.2. The van der Waals surface area contributed by atoms with Gasteiger partial charge in [0, 0.05) is 4.47 Å². The molecule has 0 bridgehead atoms. The maximum atomic E-state index is 11.2. The quantitative estimate of drug-likeness (QED) is 0.852. The average Bonchev–Trinajstić information content (AvgIpc) is 2.36. The number of carbonyl (C=O) groups is 1. The first-order valence-electron chi connectivity index (χ1n) is 5.61. The minimum Gasteiger partial charge on any atom is -0.455 e. The molecule has 1 amide bonds. The SMILES string of the molecule is Cc1ccc(Br)cc1Oc1cccc(C(N)=O)c1N. The minimum atomic E-state index is -0.575. The van der Waals surface area contributed by atoms with Crippen LogP contribution >= 0.6 is 15.9 Å². The van der Waals surface area contributed by atoms with Crippen molar-refractivity contribution >= 4 is 27.5 Å². The van der Waals surface area contributed by atoms with Crippen LogP contribution in [0.25, 0.3) is 0 Å². The Morgan fingerprint density at radius 3 is 2.63 bits per heavy atom. The fraction of sp³-hybridized carbons (Fsp3) is 0.0714. The van der Waals surface area contributed by atoms with Gasteiger partial charge in [-0.25, -0.2) is 0 Å². The van der Waals surface area contributed by atoms with E-state index in [0.717, 1.165) is 10.0 Å². The summed E-state index contributed by atoms with van der Waals surface area (Å²) in [6, 6.07) is 10.6. The van der Waals surface area contributed by atoms with E-state index in [-0.39, 0.29) is 11.3 Å². The van der Waals surface area contributed by atoms with Crippen LogP contribution < -0.4 is 16.2 Å². The Kier molecular flexibility index (Phi) is 3.76.